The van der Waals surface area contributed by atoms with Gasteiger partial charge < -0.3 is 20.7 Å². The summed E-state index contributed by atoms with van der Waals surface area (Å²) in [5.74, 6) is -0.486. The summed E-state index contributed by atoms with van der Waals surface area (Å²) in [5, 5.41) is 8.30. The molecular formula is C26H31N3O5S. The van der Waals surface area contributed by atoms with Crippen molar-refractivity contribution >= 4 is 41.1 Å². The molecule has 3 N–H and O–H groups in total. The molecule has 3 rings (SSSR count). The number of benzene rings is 2. The molecule has 0 radical (unpaired) electrons. The summed E-state index contributed by atoms with van der Waals surface area (Å²) in [7, 11) is 1.25. The van der Waals surface area contributed by atoms with E-state index in [4.69, 9.17) is 0 Å². The van der Waals surface area contributed by atoms with Crippen LogP contribution in [0, 0.1) is 5.92 Å². The number of rotatable bonds is 10. The van der Waals surface area contributed by atoms with E-state index in [0.29, 0.717) is 22.7 Å². The van der Waals surface area contributed by atoms with E-state index < -0.39 is 11.9 Å². The number of carbonyl (C=O) groups excluding carboxylic acids is 4. The van der Waals surface area contributed by atoms with Crippen LogP contribution in [0.15, 0.2) is 53.4 Å². The summed E-state index contributed by atoms with van der Waals surface area (Å²) < 4.78 is 4.49. The second kappa shape index (κ2) is 13.5. The molecule has 9 heteroatoms. The number of carbonyl (C=O) groups is 4. The normalized spacial score (nSPS) is 13.5. The van der Waals surface area contributed by atoms with Crippen molar-refractivity contribution in [2.45, 2.75) is 37.0 Å². The van der Waals surface area contributed by atoms with Crippen LogP contribution in [0.3, 0.4) is 0 Å². The zero-order chi connectivity index (χ0) is 25.0. The molecule has 0 spiro atoms. The van der Waals surface area contributed by atoms with E-state index in [0.717, 1.165) is 11.4 Å². The first-order valence-electron chi connectivity index (χ1n) is 11.7. The minimum Gasteiger partial charge on any atom is -0.468 e. The highest BCUT2D eigenvalue weighted by Crippen LogP contribution is 2.25. The molecule has 0 aromatic heterocycles. The fraction of sp³-hybridized carbons (Fsp3) is 0.385. The van der Waals surface area contributed by atoms with Gasteiger partial charge in [-0.1, -0.05) is 31.4 Å². The van der Waals surface area contributed by atoms with Gasteiger partial charge in [-0.05, 0) is 55.2 Å². The molecule has 1 aliphatic rings. The lowest BCUT2D eigenvalue weighted by Gasteiger charge is -2.21. The molecule has 0 bridgehead atoms. The van der Waals surface area contributed by atoms with Crippen LogP contribution in [-0.4, -0.2) is 49.6 Å². The first-order chi connectivity index (χ1) is 17.0. The third kappa shape index (κ3) is 8.43. The van der Waals surface area contributed by atoms with Crippen LogP contribution in [-0.2, 0) is 14.3 Å². The molecule has 0 saturated heterocycles. The predicted molar refractivity (Wildman–Crippen MR) is 135 cm³/mol. The molecule has 0 heterocycles. The third-order valence-corrected chi connectivity index (χ3v) is 6.90. The summed E-state index contributed by atoms with van der Waals surface area (Å²) in [4.78, 5) is 49.2. The van der Waals surface area contributed by atoms with Crippen LogP contribution >= 0.6 is 11.8 Å². The number of esters is 1. The zero-order valence-electron chi connectivity index (χ0n) is 19.8. The highest BCUT2D eigenvalue weighted by molar-refractivity contribution is 8.00. The van der Waals surface area contributed by atoms with E-state index in [1.807, 2.05) is 12.1 Å². The van der Waals surface area contributed by atoms with Crippen molar-refractivity contribution in [3.05, 3.63) is 59.7 Å². The molecule has 1 fully saturated rings. The maximum Gasteiger partial charge on any atom is 0.325 e. The monoisotopic (exact) mass is 497 g/mol. The molecular weight excluding hydrogens is 466 g/mol. The van der Waals surface area contributed by atoms with Crippen LogP contribution in [0.1, 0.15) is 52.8 Å². The van der Waals surface area contributed by atoms with Crippen molar-refractivity contribution in [1.82, 2.24) is 10.6 Å². The second-order valence-electron chi connectivity index (χ2n) is 8.38. The van der Waals surface area contributed by atoms with Gasteiger partial charge in [0.05, 0.1) is 18.4 Å². The fourth-order valence-electron chi connectivity index (χ4n) is 3.85. The fourth-order valence-corrected chi connectivity index (χ4v) is 4.73. The Morgan fingerprint density at radius 1 is 0.914 bits per heavy atom. The zero-order valence-corrected chi connectivity index (χ0v) is 20.6. The number of anilines is 1. The molecule has 1 saturated carbocycles. The second-order valence-corrected chi connectivity index (χ2v) is 9.40. The number of hydrogen-bond acceptors (Lipinski definition) is 6. The number of hydrogen-bond donors (Lipinski definition) is 3. The summed E-state index contributed by atoms with van der Waals surface area (Å²) in [6.07, 6.45) is 6.12. The van der Waals surface area contributed by atoms with Gasteiger partial charge in [0.15, 0.2) is 0 Å². The van der Waals surface area contributed by atoms with Crippen molar-refractivity contribution in [3.63, 3.8) is 0 Å². The van der Waals surface area contributed by atoms with Crippen molar-refractivity contribution in [2.24, 2.45) is 5.92 Å². The summed E-state index contributed by atoms with van der Waals surface area (Å²) in [6.45, 7) is 0.499. The molecule has 0 atom stereocenters. The summed E-state index contributed by atoms with van der Waals surface area (Å²) in [5.41, 5.74) is 1.34. The lowest BCUT2D eigenvalue weighted by Crippen LogP contribution is -2.31. The van der Waals surface area contributed by atoms with E-state index in [9.17, 15) is 19.2 Å². The van der Waals surface area contributed by atoms with E-state index in [-0.39, 0.29) is 24.1 Å². The highest BCUT2D eigenvalue weighted by Gasteiger charge is 2.16. The Bertz CT molecular complexity index is 1040. The van der Waals surface area contributed by atoms with Crippen molar-refractivity contribution in [1.29, 1.82) is 0 Å². The molecule has 0 aliphatic heterocycles. The molecule has 8 nitrogen and oxygen atoms in total. The van der Waals surface area contributed by atoms with Crippen LogP contribution in [0.4, 0.5) is 5.69 Å². The molecule has 35 heavy (non-hydrogen) atoms. The van der Waals surface area contributed by atoms with Crippen LogP contribution in [0.5, 0.6) is 0 Å². The van der Waals surface area contributed by atoms with E-state index in [1.54, 1.807) is 36.4 Å². The number of nitrogens with one attached hydrogen (secondary N) is 3. The molecule has 186 valence electrons. The smallest absolute Gasteiger partial charge is 0.325 e. The predicted octanol–water partition coefficient (Wildman–Crippen LogP) is 3.63. The van der Waals surface area contributed by atoms with Crippen molar-refractivity contribution < 1.29 is 23.9 Å². The Balaban J connectivity index is 1.52. The average molecular weight is 498 g/mol. The molecule has 1 aliphatic carbocycles. The van der Waals surface area contributed by atoms with Gasteiger partial charge in [-0.2, -0.15) is 0 Å². The Hall–Kier alpha value is -3.33. The van der Waals surface area contributed by atoms with Gasteiger partial charge in [-0.15, -0.1) is 11.8 Å². The lowest BCUT2D eigenvalue weighted by atomic mass is 9.89. The first-order valence-corrected chi connectivity index (χ1v) is 12.7. The van der Waals surface area contributed by atoms with Gasteiger partial charge >= 0.3 is 5.97 Å². The van der Waals surface area contributed by atoms with Crippen molar-refractivity contribution in [3.8, 4) is 0 Å². The largest absolute Gasteiger partial charge is 0.468 e. The Morgan fingerprint density at radius 3 is 2.34 bits per heavy atom. The molecule has 2 aromatic carbocycles. The maximum atomic E-state index is 12.9. The number of amides is 3. The maximum absolute atomic E-state index is 12.9. The SMILES string of the molecule is COC(=O)CNC(=O)c1ccc(NC(=O)c2ccccc2SCC(=O)NCC2CCCCC2)cc1. The van der Waals surface area contributed by atoms with Crippen molar-refractivity contribution in [2.75, 3.05) is 31.3 Å². The standard InChI is InChI=1S/C26H31N3O5S/c1-34-24(31)16-28-25(32)19-11-13-20(14-12-19)29-26(33)21-9-5-6-10-22(21)35-17-23(30)27-15-18-7-3-2-4-8-18/h5-6,9-14,18H,2-4,7-8,15-17H2,1H3,(H,27,30)(H,28,32)(H,29,33). The number of ether oxygens (including phenoxy) is 1. The average Bonchev–Trinajstić information content (AvgIpc) is 2.90. The minimum atomic E-state index is -0.541. The Kier molecular flexibility index (Phi) is 10.2. The quantitative estimate of drug-likeness (QED) is 0.341. The van der Waals surface area contributed by atoms with E-state index in [1.165, 1.54) is 51.0 Å². The van der Waals surface area contributed by atoms with Gasteiger partial charge in [0.2, 0.25) is 5.91 Å². The minimum absolute atomic E-state index is 0.0307. The van der Waals surface area contributed by atoms with Gasteiger partial charge in [-0.25, -0.2) is 0 Å². The van der Waals surface area contributed by atoms with E-state index >= 15 is 0 Å². The Labute approximate surface area is 209 Å². The van der Waals surface area contributed by atoms with Crippen LogP contribution in [0.25, 0.3) is 0 Å². The van der Waals surface area contributed by atoms with Crippen LogP contribution in [0.2, 0.25) is 0 Å². The van der Waals surface area contributed by atoms with Gasteiger partial charge in [-0.3, -0.25) is 19.2 Å². The van der Waals surface area contributed by atoms with Gasteiger partial charge in [0.25, 0.3) is 11.8 Å². The van der Waals surface area contributed by atoms with E-state index in [2.05, 4.69) is 20.7 Å². The lowest BCUT2D eigenvalue weighted by molar-refractivity contribution is -0.139. The number of methoxy groups -OCH3 is 1. The molecule has 3 amide bonds. The molecule has 2 aromatic rings. The topological polar surface area (TPSA) is 114 Å². The van der Waals surface area contributed by atoms with Gasteiger partial charge in [0.1, 0.15) is 6.54 Å². The molecule has 0 unspecified atom stereocenters. The van der Waals surface area contributed by atoms with Crippen LogP contribution < -0.4 is 16.0 Å². The number of thioether (sulfide) groups is 1. The summed E-state index contributed by atoms with van der Waals surface area (Å²) >= 11 is 1.33. The van der Waals surface area contributed by atoms with Gasteiger partial charge in [0, 0.05) is 22.7 Å². The summed E-state index contributed by atoms with van der Waals surface area (Å²) in [6, 6.07) is 13.5. The first kappa shape index (κ1) is 26.3. The highest BCUT2D eigenvalue weighted by atomic mass is 32.2. The Morgan fingerprint density at radius 2 is 1.63 bits per heavy atom. The third-order valence-electron chi connectivity index (χ3n) is 5.83.